The van der Waals surface area contributed by atoms with Gasteiger partial charge in [-0.2, -0.15) is 0 Å². The molecule has 0 radical (unpaired) electrons. The molecular weight excluding hydrogens is 259 g/mol. The highest BCUT2D eigenvalue weighted by atomic mass is 35.5. The quantitative estimate of drug-likeness (QED) is 0.762. The van der Waals surface area contributed by atoms with Gasteiger partial charge in [-0.25, -0.2) is 9.18 Å². The van der Waals surface area contributed by atoms with Gasteiger partial charge in [-0.3, -0.25) is 5.32 Å². The van der Waals surface area contributed by atoms with Gasteiger partial charge in [0.1, 0.15) is 0 Å². The zero-order chi connectivity index (χ0) is 12.8. The molecule has 0 aliphatic carbocycles. The van der Waals surface area contributed by atoms with Crippen LogP contribution in [0.25, 0.3) is 0 Å². The molecule has 0 bridgehead atoms. The van der Waals surface area contributed by atoms with Crippen LogP contribution in [0.3, 0.4) is 0 Å². The monoisotopic (exact) mass is 270 g/mol. The molecule has 0 unspecified atom stereocenters. The van der Waals surface area contributed by atoms with Crippen LogP contribution in [-0.2, 0) is 10.3 Å². The second-order valence-corrected chi connectivity index (χ2v) is 4.98. The number of fused-ring (bicyclic) bond motifs is 2. The predicted octanol–water partition coefficient (Wildman–Crippen LogP) is 2.62. The number of benzene rings is 1. The van der Waals surface area contributed by atoms with E-state index in [9.17, 15) is 9.18 Å². The van der Waals surface area contributed by atoms with Crippen LogP contribution >= 0.6 is 11.6 Å². The summed E-state index contributed by atoms with van der Waals surface area (Å²) in [5, 5.41) is 5.69. The smallest absolute Gasteiger partial charge is 0.412 e. The molecule has 1 saturated heterocycles. The third-order valence-electron chi connectivity index (χ3n) is 3.42. The van der Waals surface area contributed by atoms with Gasteiger partial charge in [-0.05, 0) is 31.5 Å². The van der Waals surface area contributed by atoms with Crippen molar-refractivity contribution in [3.63, 3.8) is 0 Å². The lowest BCUT2D eigenvalue weighted by Gasteiger charge is -2.41. The topological polar surface area (TPSA) is 50.4 Å². The zero-order valence-electron chi connectivity index (χ0n) is 9.56. The highest BCUT2D eigenvalue weighted by Gasteiger charge is 2.45. The van der Waals surface area contributed by atoms with Crippen LogP contribution in [0.5, 0.6) is 0 Å². The minimum atomic E-state index is -0.940. The third-order valence-corrected chi connectivity index (χ3v) is 3.71. The van der Waals surface area contributed by atoms with Crippen molar-refractivity contribution in [1.82, 2.24) is 5.32 Å². The van der Waals surface area contributed by atoms with Crippen molar-refractivity contribution < 1.29 is 13.9 Å². The van der Waals surface area contributed by atoms with E-state index in [1.165, 1.54) is 6.07 Å². The largest absolute Gasteiger partial charge is 0.436 e. The van der Waals surface area contributed by atoms with E-state index in [4.69, 9.17) is 16.3 Å². The van der Waals surface area contributed by atoms with E-state index < -0.39 is 17.5 Å². The molecule has 2 N–H and O–H groups in total. The Bertz CT molecular complexity index is 515. The molecule has 0 aromatic heterocycles. The Morgan fingerprint density at radius 1 is 1.44 bits per heavy atom. The Labute approximate surface area is 108 Å². The molecular formula is C12H12ClFN2O2. The maximum atomic E-state index is 14.2. The molecule has 1 aromatic carbocycles. The molecule has 3 rings (SSSR count). The van der Waals surface area contributed by atoms with Gasteiger partial charge in [0, 0.05) is 6.54 Å². The Morgan fingerprint density at radius 3 is 3.00 bits per heavy atom. The normalized spacial score (nSPS) is 26.4. The number of piperidine rings is 1. The summed E-state index contributed by atoms with van der Waals surface area (Å²) in [6.45, 7) is 1.24. The SMILES string of the molecule is O=C1Nc2ccc(Cl)c(F)c2[C@]2(CCCNC2)O1. The van der Waals surface area contributed by atoms with Crippen molar-refractivity contribution in [2.45, 2.75) is 18.4 Å². The molecule has 2 heterocycles. The van der Waals surface area contributed by atoms with Crippen molar-refractivity contribution in [3.8, 4) is 0 Å². The van der Waals surface area contributed by atoms with E-state index in [1.807, 2.05) is 0 Å². The number of anilines is 1. The van der Waals surface area contributed by atoms with Gasteiger partial charge in [-0.15, -0.1) is 0 Å². The average molecular weight is 271 g/mol. The van der Waals surface area contributed by atoms with Gasteiger partial charge in [0.25, 0.3) is 0 Å². The number of rotatable bonds is 0. The molecule has 6 heteroatoms. The number of carbonyl (C=O) groups is 1. The first-order chi connectivity index (χ1) is 8.62. The molecule has 1 fully saturated rings. The van der Waals surface area contributed by atoms with E-state index in [0.29, 0.717) is 24.2 Å². The third kappa shape index (κ3) is 1.66. The van der Waals surface area contributed by atoms with Gasteiger partial charge in [0.15, 0.2) is 11.4 Å². The Hall–Kier alpha value is -1.33. The molecule has 1 spiro atoms. The highest BCUT2D eigenvalue weighted by Crippen LogP contribution is 2.43. The second-order valence-electron chi connectivity index (χ2n) is 4.57. The Morgan fingerprint density at radius 2 is 2.28 bits per heavy atom. The van der Waals surface area contributed by atoms with E-state index in [2.05, 4.69) is 10.6 Å². The summed E-state index contributed by atoms with van der Waals surface area (Å²) in [6, 6.07) is 3.04. The van der Waals surface area contributed by atoms with Crippen LogP contribution in [0, 0.1) is 5.82 Å². The van der Waals surface area contributed by atoms with Crippen molar-refractivity contribution in [3.05, 3.63) is 28.5 Å². The summed E-state index contributed by atoms with van der Waals surface area (Å²) in [5.41, 5.74) is -0.149. The van der Waals surface area contributed by atoms with Crippen LogP contribution < -0.4 is 10.6 Å². The van der Waals surface area contributed by atoms with Gasteiger partial charge in [0.05, 0.1) is 16.3 Å². The fourth-order valence-electron chi connectivity index (χ4n) is 2.64. The van der Waals surface area contributed by atoms with Gasteiger partial charge < -0.3 is 10.1 Å². The number of amides is 1. The predicted molar refractivity (Wildman–Crippen MR) is 65.3 cm³/mol. The molecule has 2 aliphatic heterocycles. The summed E-state index contributed by atoms with van der Waals surface area (Å²) in [7, 11) is 0. The fourth-order valence-corrected chi connectivity index (χ4v) is 2.80. The van der Waals surface area contributed by atoms with E-state index in [1.54, 1.807) is 6.07 Å². The number of ether oxygens (including phenoxy) is 1. The molecule has 18 heavy (non-hydrogen) atoms. The maximum absolute atomic E-state index is 14.2. The summed E-state index contributed by atoms with van der Waals surface area (Å²) in [5.74, 6) is -0.516. The van der Waals surface area contributed by atoms with Crippen molar-refractivity contribution in [1.29, 1.82) is 0 Å². The first-order valence-electron chi connectivity index (χ1n) is 5.82. The van der Waals surface area contributed by atoms with E-state index in [0.717, 1.165) is 13.0 Å². The average Bonchev–Trinajstić information content (AvgIpc) is 2.34. The first-order valence-corrected chi connectivity index (χ1v) is 6.19. The van der Waals surface area contributed by atoms with Crippen LogP contribution in [-0.4, -0.2) is 19.2 Å². The van der Waals surface area contributed by atoms with Crippen LogP contribution in [0.1, 0.15) is 18.4 Å². The maximum Gasteiger partial charge on any atom is 0.412 e. The van der Waals surface area contributed by atoms with Crippen molar-refractivity contribution in [2.24, 2.45) is 0 Å². The number of carbonyl (C=O) groups excluding carboxylic acids is 1. The highest BCUT2D eigenvalue weighted by molar-refractivity contribution is 6.31. The van der Waals surface area contributed by atoms with Gasteiger partial charge >= 0.3 is 6.09 Å². The first kappa shape index (κ1) is 11.7. The summed E-state index contributed by atoms with van der Waals surface area (Å²) in [4.78, 5) is 11.6. The number of nitrogens with one attached hydrogen (secondary N) is 2. The Balaban J connectivity index is 2.18. The molecule has 1 atom stereocenters. The minimum absolute atomic E-state index is 0.0402. The zero-order valence-corrected chi connectivity index (χ0v) is 10.3. The molecule has 0 saturated carbocycles. The number of hydrogen-bond acceptors (Lipinski definition) is 3. The second kappa shape index (κ2) is 4.10. The number of hydrogen-bond donors (Lipinski definition) is 2. The summed E-state index contributed by atoms with van der Waals surface area (Å²) >= 11 is 5.82. The molecule has 1 aromatic rings. The number of halogens is 2. The molecule has 1 amide bonds. The molecule has 96 valence electrons. The standard InChI is InChI=1S/C12H12ClFN2O2/c13-7-2-3-8-9(10(7)14)12(18-11(17)16-8)4-1-5-15-6-12/h2-3,15H,1,4-6H2,(H,16,17)/t12-/m1/s1. The van der Waals surface area contributed by atoms with Gasteiger partial charge in [0.2, 0.25) is 0 Å². The van der Waals surface area contributed by atoms with E-state index in [-0.39, 0.29) is 5.02 Å². The minimum Gasteiger partial charge on any atom is -0.436 e. The Kier molecular flexibility index (Phi) is 2.68. The van der Waals surface area contributed by atoms with Gasteiger partial charge in [-0.1, -0.05) is 11.6 Å². The lowest BCUT2D eigenvalue weighted by Crippen LogP contribution is -2.50. The van der Waals surface area contributed by atoms with Crippen LogP contribution in [0.2, 0.25) is 5.02 Å². The molecule has 4 nitrogen and oxygen atoms in total. The van der Waals surface area contributed by atoms with Crippen LogP contribution in [0.4, 0.5) is 14.9 Å². The van der Waals surface area contributed by atoms with Crippen molar-refractivity contribution in [2.75, 3.05) is 18.4 Å². The fraction of sp³-hybridized carbons (Fsp3) is 0.417. The van der Waals surface area contributed by atoms with Crippen LogP contribution in [0.15, 0.2) is 12.1 Å². The lowest BCUT2D eigenvalue weighted by molar-refractivity contribution is -0.00986. The summed E-state index contributed by atoms with van der Waals surface area (Å²) < 4.78 is 19.6. The summed E-state index contributed by atoms with van der Waals surface area (Å²) in [6.07, 6.45) is 0.865. The molecule has 2 aliphatic rings. The van der Waals surface area contributed by atoms with E-state index >= 15 is 0 Å². The lowest BCUT2D eigenvalue weighted by atomic mass is 9.84. The van der Waals surface area contributed by atoms with Crippen molar-refractivity contribution >= 4 is 23.4 Å².